The molecule has 1 unspecified atom stereocenters. The van der Waals surface area contributed by atoms with Gasteiger partial charge in [0.05, 0.1) is 6.04 Å². The van der Waals surface area contributed by atoms with Crippen LogP contribution in [0.4, 0.5) is 0 Å². The van der Waals surface area contributed by atoms with E-state index >= 15 is 0 Å². The van der Waals surface area contributed by atoms with E-state index in [1.807, 2.05) is 6.92 Å². The molecular weight excluding hydrogens is 266 g/mol. The number of rotatable bonds is 4. The van der Waals surface area contributed by atoms with Crippen molar-refractivity contribution in [1.82, 2.24) is 15.5 Å². The zero-order chi connectivity index (χ0) is 14.5. The van der Waals surface area contributed by atoms with Crippen molar-refractivity contribution in [2.24, 2.45) is 0 Å². The Morgan fingerprint density at radius 2 is 2.00 bits per heavy atom. The largest absolute Gasteiger partial charge is 0.367 e. The van der Waals surface area contributed by atoms with Gasteiger partial charge >= 0.3 is 0 Å². The lowest BCUT2D eigenvalue weighted by Crippen LogP contribution is -2.33. The highest BCUT2D eigenvalue weighted by Crippen LogP contribution is 2.39. The molecule has 1 saturated heterocycles. The Balaban J connectivity index is 1.78. The number of hydrogen-bond donors (Lipinski definition) is 1. The van der Waals surface area contributed by atoms with Crippen LogP contribution < -0.4 is 5.32 Å². The van der Waals surface area contributed by atoms with Crippen LogP contribution in [0.2, 0.25) is 0 Å². The predicted octanol–water partition coefficient (Wildman–Crippen LogP) is 3.47. The summed E-state index contributed by atoms with van der Waals surface area (Å²) in [6.07, 6.45) is 10.5. The van der Waals surface area contributed by atoms with Gasteiger partial charge < -0.3 is 14.6 Å². The minimum atomic E-state index is -0.306. The minimum Gasteiger partial charge on any atom is -0.367 e. The standard InChI is InChI=1S/C16H27N3O2/c1-2-20-16(10-6-4-7-11-16)15-18-14(21-19-15)13-9-5-3-8-12-17-13/h13,17H,2-12H2,1H3. The molecular formula is C16H27N3O2. The van der Waals surface area contributed by atoms with Gasteiger partial charge in [-0.3, -0.25) is 0 Å². The van der Waals surface area contributed by atoms with Crippen LogP contribution in [0.25, 0.3) is 0 Å². The molecule has 0 aromatic carbocycles. The SMILES string of the molecule is CCOC1(c2noc(C3CCCCCN3)n2)CCCCC1. The van der Waals surface area contributed by atoms with Gasteiger partial charge in [0.2, 0.25) is 11.7 Å². The van der Waals surface area contributed by atoms with Gasteiger partial charge in [-0.1, -0.05) is 37.3 Å². The molecule has 0 bridgehead atoms. The molecule has 2 aliphatic rings. The van der Waals surface area contributed by atoms with E-state index in [1.54, 1.807) is 0 Å². The van der Waals surface area contributed by atoms with Crippen LogP contribution in [-0.4, -0.2) is 23.3 Å². The maximum absolute atomic E-state index is 6.08. The summed E-state index contributed by atoms with van der Waals surface area (Å²) in [4.78, 5) is 4.72. The highest BCUT2D eigenvalue weighted by atomic mass is 16.5. The van der Waals surface area contributed by atoms with E-state index in [4.69, 9.17) is 14.2 Å². The van der Waals surface area contributed by atoms with Crippen LogP contribution in [0, 0.1) is 0 Å². The number of aromatic nitrogens is 2. The first kappa shape index (κ1) is 15.0. The fraction of sp³-hybridized carbons (Fsp3) is 0.875. The smallest absolute Gasteiger partial charge is 0.243 e. The number of hydrogen-bond acceptors (Lipinski definition) is 5. The number of nitrogens with one attached hydrogen (secondary N) is 1. The summed E-state index contributed by atoms with van der Waals surface area (Å²) in [5.41, 5.74) is -0.306. The van der Waals surface area contributed by atoms with E-state index in [1.165, 1.54) is 38.5 Å². The van der Waals surface area contributed by atoms with Crippen LogP contribution in [-0.2, 0) is 10.3 Å². The summed E-state index contributed by atoms with van der Waals surface area (Å²) < 4.78 is 11.7. The normalized spacial score (nSPS) is 26.4. The van der Waals surface area contributed by atoms with Gasteiger partial charge in [-0.25, -0.2) is 0 Å². The van der Waals surface area contributed by atoms with Gasteiger partial charge in [0.1, 0.15) is 5.60 Å². The zero-order valence-corrected chi connectivity index (χ0v) is 13.1. The lowest BCUT2D eigenvalue weighted by Gasteiger charge is -2.33. The molecule has 0 spiro atoms. The molecule has 2 fully saturated rings. The summed E-state index contributed by atoms with van der Waals surface area (Å²) in [5, 5.41) is 7.81. The number of nitrogens with zero attached hydrogens (tertiary/aromatic N) is 2. The van der Waals surface area contributed by atoms with E-state index in [-0.39, 0.29) is 11.6 Å². The first-order valence-corrected chi connectivity index (χ1v) is 8.55. The van der Waals surface area contributed by atoms with Crippen LogP contribution in [0.3, 0.4) is 0 Å². The maximum Gasteiger partial charge on any atom is 0.243 e. The first-order valence-electron chi connectivity index (χ1n) is 8.55. The fourth-order valence-corrected chi connectivity index (χ4v) is 3.63. The van der Waals surface area contributed by atoms with Crippen molar-refractivity contribution in [3.05, 3.63) is 11.7 Å². The quantitative estimate of drug-likeness (QED) is 0.921. The molecule has 5 heteroatoms. The molecule has 118 valence electrons. The third kappa shape index (κ3) is 3.29. The Kier molecular flexibility index (Phi) is 4.91. The molecule has 3 rings (SSSR count). The molecule has 5 nitrogen and oxygen atoms in total. The molecule has 1 atom stereocenters. The lowest BCUT2D eigenvalue weighted by molar-refractivity contribution is -0.0777. The molecule has 1 aromatic heterocycles. The summed E-state index contributed by atoms with van der Waals surface area (Å²) in [5.74, 6) is 1.52. The second-order valence-corrected chi connectivity index (χ2v) is 6.30. The average Bonchev–Trinajstić information content (AvgIpc) is 2.86. The Morgan fingerprint density at radius 1 is 1.19 bits per heavy atom. The van der Waals surface area contributed by atoms with Crippen LogP contribution in [0.5, 0.6) is 0 Å². The van der Waals surface area contributed by atoms with E-state index in [0.29, 0.717) is 6.61 Å². The Bertz CT molecular complexity index is 427. The minimum absolute atomic E-state index is 0.219. The van der Waals surface area contributed by atoms with Crippen molar-refractivity contribution in [2.45, 2.75) is 76.4 Å². The molecule has 1 aromatic rings. The van der Waals surface area contributed by atoms with Crippen molar-refractivity contribution in [1.29, 1.82) is 0 Å². The molecule has 0 radical (unpaired) electrons. The topological polar surface area (TPSA) is 60.2 Å². The van der Waals surface area contributed by atoms with Gasteiger partial charge in [-0.15, -0.1) is 0 Å². The zero-order valence-electron chi connectivity index (χ0n) is 13.1. The molecule has 1 N–H and O–H groups in total. The Labute approximate surface area is 126 Å². The summed E-state index contributed by atoms with van der Waals surface area (Å²) in [7, 11) is 0. The average molecular weight is 293 g/mol. The predicted molar refractivity (Wildman–Crippen MR) is 79.9 cm³/mol. The van der Waals surface area contributed by atoms with E-state index < -0.39 is 0 Å². The van der Waals surface area contributed by atoms with Crippen LogP contribution in [0.15, 0.2) is 4.52 Å². The van der Waals surface area contributed by atoms with Gasteiger partial charge in [0.25, 0.3) is 0 Å². The monoisotopic (exact) mass is 293 g/mol. The molecule has 1 aliphatic heterocycles. The molecule has 1 saturated carbocycles. The van der Waals surface area contributed by atoms with Crippen LogP contribution >= 0.6 is 0 Å². The lowest BCUT2D eigenvalue weighted by atomic mass is 9.84. The van der Waals surface area contributed by atoms with E-state index in [0.717, 1.165) is 37.5 Å². The fourth-order valence-electron chi connectivity index (χ4n) is 3.63. The Morgan fingerprint density at radius 3 is 2.81 bits per heavy atom. The van der Waals surface area contributed by atoms with Crippen molar-refractivity contribution >= 4 is 0 Å². The van der Waals surface area contributed by atoms with E-state index in [2.05, 4.69) is 10.5 Å². The van der Waals surface area contributed by atoms with Crippen molar-refractivity contribution < 1.29 is 9.26 Å². The van der Waals surface area contributed by atoms with E-state index in [9.17, 15) is 0 Å². The third-order valence-electron chi connectivity index (χ3n) is 4.79. The summed E-state index contributed by atoms with van der Waals surface area (Å²) in [6, 6.07) is 0.219. The molecule has 1 aliphatic carbocycles. The first-order chi connectivity index (χ1) is 10.3. The van der Waals surface area contributed by atoms with Gasteiger partial charge in [-0.05, 0) is 39.2 Å². The molecule has 21 heavy (non-hydrogen) atoms. The van der Waals surface area contributed by atoms with Crippen molar-refractivity contribution in [2.75, 3.05) is 13.2 Å². The maximum atomic E-state index is 6.08. The Hall–Kier alpha value is -0.940. The summed E-state index contributed by atoms with van der Waals surface area (Å²) in [6.45, 7) is 3.79. The second-order valence-electron chi connectivity index (χ2n) is 6.30. The summed E-state index contributed by atoms with van der Waals surface area (Å²) >= 11 is 0. The highest BCUT2D eigenvalue weighted by Gasteiger charge is 2.39. The highest BCUT2D eigenvalue weighted by molar-refractivity contribution is 5.05. The van der Waals surface area contributed by atoms with Gasteiger partial charge in [0, 0.05) is 6.61 Å². The molecule has 2 heterocycles. The van der Waals surface area contributed by atoms with Crippen molar-refractivity contribution in [3.63, 3.8) is 0 Å². The van der Waals surface area contributed by atoms with Gasteiger partial charge in [0.15, 0.2) is 0 Å². The van der Waals surface area contributed by atoms with Crippen LogP contribution in [0.1, 0.15) is 82.5 Å². The van der Waals surface area contributed by atoms with Gasteiger partial charge in [-0.2, -0.15) is 4.98 Å². The number of ether oxygens (including phenoxy) is 1. The third-order valence-corrected chi connectivity index (χ3v) is 4.79. The molecule has 0 amide bonds. The van der Waals surface area contributed by atoms with Crippen molar-refractivity contribution in [3.8, 4) is 0 Å². The second kappa shape index (κ2) is 6.88.